The first-order chi connectivity index (χ1) is 9.54. The topological polar surface area (TPSA) is 104 Å². The van der Waals surface area contributed by atoms with Crippen molar-refractivity contribution >= 4 is 27.3 Å². The molecule has 0 radical (unpaired) electrons. The molecule has 2 heterocycles. The Bertz CT molecular complexity index is 753. The van der Waals surface area contributed by atoms with E-state index in [2.05, 4.69) is 20.2 Å². The van der Waals surface area contributed by atoms with Gasteiger partial charge in [0.1, 0.15) is 0 Å². The highest BCUT2D eigenvalue weighted by atomic mass is 32.2. The summed E-state index contributed by atoms with van der Waals surface area (Å²) in [7, 11) is -3.66. The Hall–Kier alpha value is -2.35. The van der Waals surface area contributed by atoms with Gasteiger partial charge in [0.05, 0.1) is 6.20 Å². The molecule has 7 nitrogen and oxygen atoms in total. The smallest absolute Gasteiger partial charge is 0.278 e. The second-order valence-electron chi connectivity index (χ2n) is 4.45. The van der Waals surface area contributed by atoms with Crippen molar-refractivity contribution in [2.45, 2.75) is 17.9 Å². The van der Waals surface area contributed by atoms with Crippen LogP contribution in [0.25, 0.3) is 0 Å². The van der Waals surface area contributed by atoms with Gasteiger partial charge in [-0.3, -0.25) is 14.6 Å². The Labute approximate surface area is 115 Å². The van der Waals surface area contributed by atoms with E-state index in [4.69, 9.17) is 0 Å². The third-order valence-corrected chi connectivity index (χ3v) is 4.33. The van der Waals surface area contributed by atoms with Gasteiger partial charge < -0.3 is 5.32 Å². The molecule has 3 rings (SSSR count). The zero-order valence-corrected chi connectivity index (χ0v) is 11.2. The number of amides is 1. The fourth-order valence-corrected chi connectivity index (χ4v) is 3.01. The summed E-state index contributed by atoms with van der Waals surface area (Å²) in [4.78, 5) is 11.3. The van der Waals surface area contributed by atoms with Gasteiger partial charge >= 0.3 is 0 Å². The van der Waals surface area contributed by atoms with Gasteiger partial charge in [-0.25, -0.2) is 0 Å². The predicted molar refractivity (Wildman–Crippen MR) is 72.8 cm³/mol. The number of carbonyl (C=O) groups excluding carboxylic acids is 1. The number of anilines is 2. The van der Waals surface area contributed by atoms with Gasteiger partial charge in [0, 0.05) is 17.8 Å². The Morgan fingerprint density at radius 1 is 1.20 bits per heavy atom. The molecule has 1 aliphatic heterocycles. The summed E-state index contributed by atoms with van der Waals surface area (Å²) in [5.41, 5.74) is 2.09. The first kappa shape index (κ1) is 12.7. The number of hydrogen-bond donors (Lipinski definition) is 3. The van der Waals surface area contributed by atoms with Crippen LogP contribution in [0.1, 0.15) is 12.0 Å². The molecule has 2 aromatic rings. The number of carbonyl (C=O) groups is 1. The van der Waals surface area contributed by atoms with Gasteiger partial charge in [0.2, 0.25) is 5.91 Å². The van der Waals surface area contributed by atoms with Crippen LogP contribution in [-0.2, 0) is 21.2 Å². The van der Waals surface area contributed by atoms with Crippen molar-refractivity contribution in [2.75, 3.05) is 10.0 Å². The molecule has 0 unspecified atom stereocenters. The van der Waals surface area contributed by atoms with Crippen LogP contribution in [-0.4, -0.2) is 24.5 Å². The number of aromatic amines is 1. The van der Waals surface area contributed by atoms with Crippen LogP contribution in [0.4, 0.5) is 11.4 Å². The fourth-order valence-electron chi connectivity index (χ4n) is 2.05. The van der Waals surface area contributed by atoms with Crippen molar-refractivity contribution in [3.63, 3.8) is 0 Å². The number of aromatic nitrogens is 2. The van der Waals surface area contributed by atoms with Crippen LogP contribution in [0.2, 0.25) is 0 Å². The van der Waals surface area contributed by atoms with E-state index in [1.165, 1.54) is 12.3 Å². The molecule has 20 heavy (non-hydrogen) atoms. The molecule has 0 fully saturated rings. The van der Waals surface area contributed by atoms with Crippen LogP contribution in [0.3, 0.4) is 0 Å². The molecule has 8 heteroatoms. The maximum absolute atomic E-state index is 12.0. The number of rotatable bonds is 3. The number of fused-ring (bicyclic) bond motifs is 1. The molecular formula is C12H12N4O3S. The Morgan fingerprint density at radius 3 is 2.80 bits per heavy atom. The van der Waals surface area contributed by atoms with Crippen molar-refractivity contribution in [3.05, 3.63) is 36.0 Å². The minimum Gasteiger partial charge on any atom is -0.326 e. The van der Waals surface area contributed by atoms with Gasteiger partial charge in [-0.2, -0.15) is 13.5 Å². The molecule has 0 bridgehead atoms. The van der Waals surface area contributed by atoms with Crippen LogP contribution >= 0.6 is 0 Å². The Balaban J connectivity index is 1.88. The van der Waals surface area contributed by atoms with Gasteiger partial charge in [-0.05, 0) is 36.2 Å². The largest absolute Gasteiger partial charge is 0.326 e. The van der Waals surface area contributed by atoms with E-state index in [-0.39, 0.29) is 10.9 Å². The third-order valence-electron chi connectivity index (χ3n) is 3.02. The van der Waals surface area contributed by atoms with Gasteiger partial charge in [0.25, 0.3) is 10.0 Å². The van der Waals surface area contributed by atoms with Crippen LogP contribution in [0.15, 0.2) is 35.5 Å². The number of benzene rings is 1. The van der Waals surface area contributed by atoms with Crippen molar-refractivity contribution in [1.29, 1.82) is 0 Å². The molecular weight excluding hydrogens is 280 g/mol. The van der Waals surface area contributed by atoms with E-state index in [1.54, 1.807) is 18.2 Å². The van der Waals surface area contributed by atoms with E-state index in [9.17, 15) is 13.2 Å². The van der Waals surface area contributed by atoms with E-state index >= 15 is 0 Å². The van der Waals surface area contributed by atoms with Crippen molar-refractivity contribution < 1.29 is 13.2 Å². The van der Waals surface area contributed by atoms with Gasteiger partial charge in [-0.15, -0.1) is 0 Å². The second kappa shape index (κ2) is 4.64. The lowest BCUT2D eigenvalue weighted by atomic mass is 10.0. The summed E-state index contributed by atoms with van der Waals surface area (Å²) in [5.74, 6) is -0.0247. The molecule has 0 spiro atoms. The zero-order chi connectivity index (χ0) is 14.2. The number of sulfonamides is 1. The quantitative estimate of drug-likeness (QED) is 0.787. The van der Waals surface area contributed by atoms with Crippen LogP contribution in [0.5, 0.6) is 0 Å². The summed E-state index contributed by atoms with van der Waals surface area (Å²) in [6, 6.07) is 6.40. The molecule has 1 aromatic heterocycles. The van der Waals surface area contributed by atoms with Crippen molar-refractivity contribution in [3.8, 4) is 0 Å². The maximum Gasteiger partial charge on any atom is 0.278 e. The van der Waals surface area contributed by atoms with E-state index in [0.29, 0.717) is 18.5 Å². The van der Waals surface area contributed by atoms with E-state index < -0.39 is 10.0 Å². The summed E-state index contributed by atoms with van der Waals surface area (Å²) < 4.78 is 26.5. The number of H-pyrrole nitrogens is 1. The summed E-state index contributed by atoms with van der Waals surface area (Å²) in [6.07, 6.45) is 2.38. The van der Waals surface area contributed by atoms with Crippen LogP contribution in [0, 0.1) is 0 Å². The molecule has 0 aliphatic carbocycles. The molecule has 1 amide bonds. The summed E-state index contributed by atoms with van der Waals surface area (Å²) >= 11 is 0. The Morgan fingerprint density at radius 2 is 2.05 bits per heavy atom. The average molecular weight is 292 g/mol. The number of nitrogens with zero attached hydrogens (tertiary/aromatic N) is 1. The first-order valence-electron chi connectivity index (χ1n) is 5.99. The second-order valence-corrected chi connectivity index (χ2v) is 6.10. The lowest BCUT2D eigenvalue weighted by Gasteiger charge is -2.17. The van der Waals surface area contributed by atoms with Gasteiger partial charge in [-0.1, -0.05) is 0 Å². The number of nitrogens with one attached hydrogen (secondary N) is 3. The minimum absolute atomic E-state index is 0.00326. The minimum atomic E-state index is -3.66. The monoisotopic (exact) mass is 292 g/mol. The SMILES string of the molecule is O=C1CCc2cc(NS(=O)(=O)c3ccn[nH]3)ccc2N1. The summed E-state index contributed by atoms with van der Waals surface area (Å²) in [5, 5.41) is 8.77. The summed E-state index contributed by atoms with van der Waals surface area (Å²) in [6.45, 7) is 0. The molecule has 3 N–H and O–H groups in total. The first-order valence-corrected chi connectivity index (χ1v) is 7.48. The van der Waals surface area contributed by atoms with E-state index in [1.807, 2.05) is 0 Å². The molecule has 0 atom stereocenters. The molecule has 104 valence electrons. The van der Waals surface area contributed by atoms with Crippen molar-refractivity contribution in [1.82, 2.24) is 10.2 Å². The Kier molecular flexibility index (Phi) is 2.94. The van der Waals surface area contributed by atoms with E-state index in [0.717, 1.165) is 11.3 Å². The lowest BCUT2D eigenvalue weighted by Crippen LogP contribution is -2.19. The molecule has 1 aromatic carbocycles. The average Bonchev–Trinajstić information content (AvgIpc) is 2.93. The fraction of sp³-hybridized carbons (Fsp3) is 0.167. The molecule has 1 aliphatic rings. The highest BCUT2D eigenvalue weighted by Crippen LogP contribution is 2.26. The molecule has 0 saturated carbocycles. The number of aryl methyl sites for hydroxylation is 1. The number of hydrogen-bond acceptors (Lipinski definition) is 4. The predicted octanol–water partition coefficient (Wildman–Crippen LogP) is 1.10. The highest BCUT2D eigenvalue weighted by molar-refractivity contribution is 7.92. The lowest BCUT2D eigenvalue weighted by molar-refractivity contribution is -0.116. The van der Waals surface area contributed by atoms with Crippen molar-refractivity contribution in [2.24, 2.45) is 0 Å². The molecule has 0 saturated heterocycles. The normalized spacial score (nSPS) is 14.5. The third kappa shape index (κ3) is 2.37. The standard InChI is InChI=1S/C12H12N4O3S/c17-11-4-1-8-7-9(2-3-10(8)14-11)16-20(18,19)12-5-6-13-15-12/h2-3,5-7,16H,1,4H2,(H,13,15)(H,14,17). The maximum atomic E-state index is 12.0. The van der Waals surface area contributed by atoms with Crippen LogP contribution < -0.4 is 10.0 Å². The van der Waals surface area contributed by atoms with Gasteiger partial charge in [0.15, 0.2) is 5.03 Å². The zero-order valence-electron chi connectivity index (χ0n) is 10.4. The highest BCUT2D eigenvalue weighted by Gasteiger charge is 2.18.